The molecule has 1 N–H and O–H groups in total. The van der Waals surface area contributed by atoms with E-state index >= 15 is 0 Å². The number of hydrogen-bond acceptors (Lipinski definition) is 3. The number of pyridine rings is 1. The second kappa shape index (κ2) is 7.31. The zero-order valence-electron chi connectivity index (χ0n) is 11.7. The van der Waals surface area contributed by atoms with Crippen molar-refractivity contribution in [3.8, 4) is 5.88 Å². The Labute approximate surface area is 109 Å². The largest absolute Gasteiger partial charge is 0.474 e. The first-order chi connectivity index (χ1) is 8.54. The Morgan fingerprint density at radius 3 is 2.72 bits per heavy atom. The van der Waals surface area contributed by atoms with Crippen LogP contribution in [0, 0.1) is 11.7 Å². The highest BCUT2D eigenvalue weighted by Crippen LogP contribution is 2.19. The smallest absolute Gasteiger partial charge is 0.218 e. The molecule has 1 unspecified atom stereocenters. The third kappa shape index (κ3) is 4.61. The summed E-state index contributed by atoms with van der Waals surface area (Å²) >= 11 is 0. The van der Waals surface area contributed by atoms with Gasteiger partial charge in [-0.25, -0.2) is 9.37 Å². The van der Waals surface area contributed by atoms with Crippen molar-refractivity contribution in [3.05, 3.63) is 23.6 Å². The molecule has 3 nitrogen and oxygen atoms in total. The molecule has 0 spiro atoms. The number of ether oxygens (including phenoxy) is 1. The van der Waals surface area contributed by atoms with Crippen LogP contribution < -0.4 is 10.1 Å². The Bertz CT molecular complexity index is 369. The lowest BCUT2D eigenvalue weighted by Gasteiger charge is -2.19. The maximum absolute atomic E-state index is 13.2. The molecular weight excluding hydrogens is 231 g/mol. The molecule has 0 saturated carbocycles. The highest BCUT2D eigenvalue weighted by Gasteiger charge is 2.13. The summed E-state index contributed by atoms with van der Waals surface area (Å²) in [6.07, 6.45) is 2.31. The predicted molar refractivity (Wildman–Crippen MR) is 71.1 cm³/mol. The van der Waals surface area contributed by atoms with Gasteiger partial charge < -0.3 is 10.1 Å². The van der Waals surface area contributed by atoms with Crippen LogP contribution >= 0.6 is 0 Å². The molecule has 0 bridgehead atoms. The molecule has 0 aliphatic heterocycles. The van der Waals surface area contributed by atoms with E-state index in [2.05, 4.69) is 31.1 Å². The fourth-order valence-electron chi connectivity index (χ4n) is 1.41. The Hall–Kier alpha value is -1.16. The normalized spacial score (nSPS) is 12.8. The van der Waals surface area contributed by atoms with E-state index in [0.717, 1.165) is 18.5 Å². The van der Waals surface area contributed by atoms with Gasteiger partial charge in [-0.1, -0.05) is 20.8 Å². The van der Waals surface area contributed by atoms with Gasteiger partial charge in [0.15, 0.2) is 0 Å². The van der Waals surface area contributed by atoms with Crippen LogP contribution in [0.25, 0.3) is 0 Å². The second-order valence-electron chi connectivity index (χ2n) is 4.86. The lowest BCUT2D eigenvalue weighted by atomic mass is 10.1. The molecule has 0 radical (unpaired) electrons. The molecule has 1 rings (SSSR count). The molecule has 1 atom stereocenters. The second-order valence-corrected chi connectivity index (χ2v) is 4.86. The monoisotopic (exact) mass is 254 g/mol. The summed E-state index contributed by atoms with van der Waals surface area (Å²) < 4.78 is 19.0. The minimum Gasteiger partial charge on any atom is -0.474 e. The molecule has 0 fully saturated rings. The summed E-state index contributed by atoms with van der Waals surface area (Å²) in [6, 6.07) is 1.48. The lowest BCUT2D eigenvalue weighted by Crippen LogP contribution is -2.21. The van der Waals surface area contributed by atoms with E-state index in [-0.39, 0.29) is 11.9 Å². The first-order valence-electron chi connectivity index (χ1n) is 6.56. The molecule has 1 aromatic rings. The molecular formula is C14H23FN2O. The third-order valence-corrected chi connectivity index (χ3v) is 2.87. The van der Waals surface area contributed by atoms with Gasteiger partial charge in [-0.2, -0.15) is 0 Å². The van der Waals surface area contributed by atoms with Crippen molar-refractivity contribution < 1.29 is 9.13 Å². The average Bonchev–Trinajstić information content (AvgIpc) is 2.32. The number of halogens is 1. The van der Waals surface area contributed by atoms with E-state index in [0.29, 0.717) is 18.3 Å². The summed E-state index contributed by atoms with van der Waals surface area (Å²) in [5.74, 6) is 0.599. The van der Waals surface area contributed by atoms with E-state index in [9.17, 15) is 4.39 Å². The highest BCUT2D eigenvalue weighted by atomic mass is 19.1. The summed E-state index contributed by atoms with van der Waals surface area (Å²) in [6.45, 7) is 9.74. The van der Waals surface area contributed by atoms with Gasteiger partial charge in [-0.05, 0) is 31.9 Å². The fourth-order valence-corrected chi connectivity index (χ4v) is 1.41. The van der Waals surface area contributed by atoms with Crippen molar-refractivity contribution in [2.45, 2.75) is 46.8 Å². The van der Waals surface area contributed by atoms with Crippen LogP contribution in [0.3, 0.4) is 0 Å². The molecule has 0 amide bonds. The van der Waals surface area contributed by atoms with E-state index < -0.39 is 0 Å². The molecule has 1 heterocycles. The third-order valence-electron chi connectivity index (χ3n) is 2.87. The van der Waals surface area contributed by atoms with Crippen molar-refractivity contribution >= 4 is 0 Å². The van der Waals surface area contributed by atoms with Gasteiger partial charge in [-0.3, -0.25) is 0 Å². The Morgan fingerprint density at radius 2 is 2.11 bits per heavy atom. The first kappa shape index (κ1) is 14.9. The number of nitrogens with one attached hydrogen (secondary N) is 1. The summed E-state index contributed by atoms with van der Waals surface area (Å²) in [7, 11) is 0. The number of nitrogens with zero attached hydrogens (tertiary/aromatic N) is 1. The Morgan fingerprint density at radius 1 is 1.39 bits per heavy atom. The first-order valence-corrected chi connectivity index (χ1v) is 6.56. The van der Waals surface area contributed by atoms with Gasteiger partial charge in [0.05, 0.1) is 12.3 Å². The summed E-state index contributed by atoms with van der Waals surface area (Å²) in [5, 5.41) is 3.23. The van der Waals surface area contributed by atoms with Crippen molar-refractivity contribution in [3.63, 3.8) is 0 Å². The SMILES string of the molecule is CCCNCc1cc(F)cnc1OC(C)C(C)C. The number of rotatable bonds is 7. The maximum atomic E-state index is 13.2. The van der Waals surface area contributed by atoms with Crippen LogP contribution in [0.2, 0.25) is 0 Å². The van der Waals surface area contributed by atoms with E-state index in [1.54, 1.807) is 0 Å². The lowest BCUT2D eigenvalue weighted by molar-refractivity contribution is 0.161. The van der Waals surface area contributed by atoms with Crippen molar-refractivity contribution in [1.29, 1.82) is 0 Å². The maximum Gasteiger partial charge on any atom is 0.218 e. The Kier molecular flexibility index (Phi) is 6.05. The average molecular weight is 254 g/mol. The minimum atomic E-state index is -0.326. The van der Waals surface area contributed by atoms with Gasteiger partial charge in [-0.15, -0.1) is 0 Å². The summed E-state index contributed by atoms with van der Waals surface area (Å²) in [4.78, 5) is 4.04. The van der Waals surface area contributed by atoms with Crippen LogP contribution in [0.1, 0.15) is 39.7 Å². The van der Waals surface area contributed by atoms with Crippen molar-refractivity contribution in [1.82, 2.24) is 10.3 Å². The van der Waals surface area contributed by atoms with Crippen LogP contribution in [0.15, 0.2) is 12.3 Å². The van der Waals surface area contributed by atoms with Crippen LogP contribution in [0.5, 0.6) is 5.88 Å². The quantitative estimate of drug-likeness (QED) is 0.759. The van der Waals surface area contributed by atoms with E-state index in [1.165, 1.54) is 12.3 Å². The topological polar surface area (TPSA) is 34.2 Å². The van der Waals surface area contributed by atoms with E-state index in [1.807, 2.05) is 6.92 Å². The zero-order chi connectivity index (χ0) is 13.5. The van der Waals surface area contributed by atoms with Gasteiger partial charge in [0.25, 0.3) is 0 Å². The molecule has 18 heavy (non-hydrogen) atoms. The highest BCUT2D eigenvalue weighted by molar-refractivity contribution is 5.26. The minimum absolute atomic E-state index is 0.0629. The molecule has 4 heteroatoms. The molecule has 1 aromatic heterocycles. The van der Waals surface area contributed by atoms with Crippen molar-refractivity contribution in [2.75, 3.05) is 6.54 Å². The molecule has 0 aromatic carbocycles. The molecule has 102 valence electrons. The van der Waals surface area contributed by atoms with Gasteiger partial charge >= 0.3 is 0 Å². The number of aromatic nitrogens is 1. The van der Waals surface area contributed by atoms with Gasteiger partial charge in [0, 0.05) is 12.1 Å². The summed E-state index contributed by atoms with van der Waals surface area (Å²) in [5.41, 5.74) is 0.774. The molecule has 0 aliphatic rings. The predicted octanol–water partition coefficient (Wildman–Crippen LogP) is 3.14. The molecule has 0 saturated heterocycles. The fraction of sp³-hybridized carbons (Fsp3) is 0.643. The van der Waals surface area contributed by atoms with E-state index in [4.69, 9.17) is 4.74 Å². The van der Waals surface area contributed by atoms with Crippen LogP contribution in [0.4, 0.5) is 4.39 Å². The van der Waals surface area contributed by atoms with Crippen molar-refractivity contribution in [2.24, 2.45) is 5.92 Å². The zero-order valence-corrected chi connectivity index (χ0v) is 11.7. The standard InChI is InChI=1S/C14H23FN2O/c1-5-6-16-8-12-7-13(15)9-17-14(12)18-11(4)10(2)3/h7,9-11,16H,5-6,8H2,1-4H3. The van der Waals surface area contributed by atoms with Crippen LogP contribution in [-0.2, 0) is 6.54 Å². The molecule has 0 aliphatic carbocycles. The van der Waals surface area contributed by atoms with Gasteiger partial charge in [0.2, 0.25) is 5.88 Å². The number of hydrogen-bond donors (Lipinski definition) is 1. The Balaban J connectivity index is 2.75. The van der Waals surface area contributed by atoms with Crippen LogP contribution in [-0.4, -0.2) is 17.6 Å². The van der Waals surface area contributed by atoms with Gasteiger partial charge in [0.1, 0.15) is 5.82 Å².